The van der Waals surface area contributed by atoms with Gasteiger partial charge in [-0.05, 0) is 36.8 Å². The first-order chi connectivity index (χ1) is 10.4. The van der Waals surface area contributed by atoms with Crippen LogP contribution in [-0.2, 0) is 10.0 Å². The highest BCUT2D eigenvalue weighted by Crippen LogP contribution is 2.32. The van der Waals surface area contributed by atoms with Gasteiger partial charge in [0.05, 0.1) is 5.69 Å². The molecule has 22 heavy (non-hydrogen) atoms. The van der Waals surface area contributed by atoms with Crippen LogP contribution in [0.5, 0.6) is 0 Å². The molecule has 0 fully saturated rings. The third-order valence-corrected chi connectivity index (χ3v) is 5.85. The first-order valence-electron chi connectivity index (χ1n) is 6.36. The zero-order valence-corrected chi connectivity index (χ0v) is 13.2. The Hall–Kier alpha value is -2.32. The maximum absolute atomic E-state index is 12.3. The topological polar surface area (TPSA) is 98.2 Å². The predicted octanol–water partition coefficient (Wildman–Crippen LogP) is 3.09. The minimum Gasteiger partial charge on any atom is -0.399 e. The minimum absolute atomic E-state index is 0.0939. The molecule has 0 spiro atoms. The molecule has 6 nitrogen and oxygen atoms in total. The predicted molar refractivity (Wildman–Crippen MR) is 86.2 cm³/mol. The molecule has 0 aliphatic carbocycles. The summed E-state index contributed by atoms with van der Waals surface area (Å²) in [5, 5.41) is 3.64. The molecule has 2 aromatic heterocycles. The van der Waals surface area contributed by atoms with Crippen LogP contribution in [0.1, 0.15) is 5.69 Å². The number of benzene rings is 1. The number of nitrogen functional groups attached to an aromatic ring is 1. The van der Waals surface area contributed by atoms with Crippen molar-refractivity contribution in [3.63, 3.8) is 0 Å². The SMILES string of the molecule is Cc1cc(NS(=O)(=O)c2ccc(-c3cccc(N)c3)s2)on1. The minimum atomic E-state index is -3.69. The highest BCUT2D eigenvalue weighted by Gasteiger charge is 2.19. The summed E-state index contributed by atoms with van der Waals surface area (Å²) in [6.07, 6.45) is 0. The molecule has 3 N–H and O–H groups in total. The number of rotatable bonds is 4. The van der Waals surface area contributed by atoms with Crippen molar-refractivity contribution >= 4 is 32.9 Å². The maximum Gasteiger partial charge on any atom is 0.273 e. The fourth-order valence-electron chi connectivity index (χ4n) is 1.91. The summed E-state index contributed by atoms with van der Waals surface area (Å²) in [6.45, 7) is 1.71. The van der Waals surface area contributed by atoms with E-state index in [2.05, 4.69) is 9.88 Å². The largest absolute Gasteiger partial charge is 0.399 e. The smallest absolute Gasteiger partial charge is 0.273 e. The van der Waals surface area contributed by atoms with Crippen LogP contribution in [0.2, 0.25) is 0 Å². The average Bonchev–Trinajstić information content (AvgIpc) is 3.08. The number of thiophene rings is 1. The summed E-state index contributed by atoms with van der Waals surface area (Å²) < 4.78 is 32.0. The molecule has 0 saturated carbocycles. The van der Waals surface area contributed by atoms with E-state index in [1.165, 1.54) is 6.07 Å². The maximum atomic E-state index is 12.3. The molecule has 2 heterocycles. The van der Waals surface area contributed by atoms with Crippen LogP contribution in [0.4, 0.5) is 11.6 Å². The lowest BCUT2D eigenvalue weighted by molar-refractivity contribution is 0.430. The molecule has 0 unspecified atom stereocenters. The van der Waals surface area contributed by atoms with Crippen molar-refractivity contribution in [3.05, 3.63) is 48.2 Å². The van der Waals surface area contributed by atoms with Crippen molar-refractivity contribution < 1.29 is 12.9 Å². The number of nitrogens with two attached hydrogens (primary N) is 1. The Morgan fingerprint density at radius 3 is 2.73 bits per heavy atom. The highest BCUT2D eigenvalue weighted by molar-refractivity contribution is 7.94. The van der Waals surface area contributed by atoms with Gasteiger partial charge in [0.2, 0.25) is 5.88 Å². The average molecular weight is 335 g/mol. The number of hydrogen-bond acceptors (Lipinski definition) is 6. The Morgan fingerprint density at radius 1 is 1.23 bits per heavy atom. The molecule has 0 amide bonds. The van der Waals surface area contributed by atoms with E-state index in [4.69, 9.17) is 10.3 Å². The first-order valence-corrected chi connectivity index (χ1v) is 8.66. The molecular weight excluding hydrogens is 322 g/mol. The van der Waals surface area contributed by atoms with E-state index in [0.29, 0.717) is 11.4 Å². The Kier molecular flexibility index (Phi) is 3.63. The van der Waals surface area contributed by atoms with Gasteiger partial charge in [-0.15, -0.1) is 11.3 Å². The Labute approximate surface area is 131 Å². The second-order valence-corrected chi connectivity index (χ2v) is 7.68. The summed E-state index contributed by atoms with van der Waals surface area (Å²) in [4.78, 5) is 0.821. The van der Waals surface area contributed by atoms with Gasteiger partial charge in [0.1, 0.15) is 4.21 Å². The summed E-state index contributed by atoms with van der Waals surface area (Å²) in [5.41, 5.74) is 7.86. The lowest BCUT2D eigenvalue weighted by Gasteiger charge is -2.01. The summed E-state index contributed by atoms with van der Waals surface area (Å²) in [5.74, 6) is 0.0939. The van der Waals surface area contributed by atoms with Crippen molar-refractivity contribution in [2.45, 2.75) is 11.1 Å². The van der Waals surface area contributed by atoms with Crippen LogP contribution in [0.25, 0.3) is 10.4 Å². The normalized spacial score (nSPS) is 11.5. The number of nitrogens with zero attached hydrogens (tertiary/aromatic N) is 1. The van der Waals surface area contributed by atoms with Crippen LogP contribution >= 0.6 is 11.3 Å². The van der Waals surface area contributed by atoms with Crippen LogP contribution < -0.4 is 10.5 Å². The second-order valence-electron chi connectivity index (χ2n) is 4.68. The van der Waals surface area contributed by atoms with Crippen molar-refractivity contribution in [1.29, 1.82) is 0 Å². The molecule has 0 aliphatic rings. The number of sulfonamides is 1. The van der Waals surface area contributed by atoms with Crippen molar-refractivity contribution in [1.82, 2.24) is 5.16 Å². The number of aromatic nitrogens is 1. The molecule has 8 heteroatoms. The molecule has 3 rings (SSSR count). The Balaban J connectivity index is 1.89. The van der Waals surface area contributed by atoms with Crippen LogP contribution in [0.3, 0.4) is 0 Å². The highest BCUT2D eigenvalue weighted by atomic mass is 32.2. The molecular formula is C14H13N3O3S2. The van der Waals surface area contributed by atoms with E-state index in [9.17, 15) is 8.42 Å². The monoisotopic (exact) mass is 335 g/mol. The van der Waals surface area contributed by atoms with Gasteiger partial charge in [0.15, 0.2) is 0 Å². The van der Waals surface area contributed by atoms with E-state index >= 15 is 0 Å². The Morgan fingerprint density at radius 2 is 2.05 bits per heavy atom. The molecule has 0 bridgehead atoms. The number of aryl methyl sites for hydroxylation is 1. The summed E-state index contributed by atoms with van der Waals surface area (Å²) in [6, 6.07) is 12.1. The van der Waals surface area contributed by atoms with E-state index in [1.807, 2.05) is 12.1 Å². The van der Waals surface area contributed by atoms with Gasteiger partial charge in [0, 0.05) is 16.6 Å². The molecule has 0 atom stereocenters. The zero-order valence-electron chi connectivity index (χ0n) is 11.6. The molecule has 0 saturated heterocycles. The molecule has 0 aliphatic heterocycles. The number of nitrogens with one attached hydrogen (secondary N) is 1. The third kappa shape index (κ3) is 2.97. The van der Waals surface area contributed by atoms with Crippen molar-refractivity contribution in [2.24, 2.45) is 0 Å². The zero-order chi connectivity index (χ0) is 15.7. The lowest BCUT2D eigenvalue weighted by atomic mass is 10.2. The fraction of sp³-hybridized carbons (Fsp3) is 0.0714. The third-order valence-electron chi connectivity index (χ3n) is 2.88. The van der Waals surface area contributed by atoms with Gasteiger partial charge in [-0.25, -0.2) is 13.1 Å². The van der Waals surface area contributed by atoms with E-state index in [-0.39, 0.29) is 10.1 Å². The van der Waals surface area contributed by atoms with Gasteiger partial charge in [-0.2, -0.15) is 0 Å². The molecule has 1 aromatic carbocycles. The Bertz CT molecular complexity index is 913. The standard InChI is InChI=1S/C14H13N3O3S2/c1-9-7-13(20-16-9)17-22(18,19)14-6-5-12(21-14)10-3-2-4-11(15)8-10/h2-8,17H,15H2,1H3. The summed E-state index contributed by atoms with van der Waals surface area (Å²) >= 11 is 1.16. The molecule has 114 valence electrons. The number of anilines is 2. The van der Waals surface area contributed by atoms with Crippen LogP contribution in [-0.4, -0.2) is 13.6 Å². The van der Waals surface area contributed by atoms with Crippen LogP contribution in [0.15, 0.2) is 51.2 Å². The summed E-state index contributed by atoms with van der Waals surface area (Å²) in [7, 11) is -3.69. The quantitative estimate of drug-likeness (QED) is 0.714. The van der Waals surface area contributed by atoms with Crippen molar-refractivity contribution in [3.8, 4) is 10.4 Å². The van der Waals surface area contributed by atoms with E-state index in [1.54, 1.807) is 31.2 Å². The van der Waals surface area contributed by atoms with Crippen molar-refractivity contribution in [2.75, 3.05) is 10.5 Å². The molecule has 3 aromatic rings. The van der Waals surface area contributed by atoms with Gasteiger partial charge in [0.25, 0.3) is 10.0 Å². The van der Waals surface area contributed by atoms with E-state index in [0.717, 1.165) is 21.8 Å². The van der Waals surface area contributed by atoms with E-state index < -0.39 is 10.0 Å². The van der Waals surface area contributed by atoms with Gasteiger partial charge < -0.3 is 10.3 Å². The second kappa shape index (κ2) is 5.47. The first kappa shape index (κ1) is 14.6. The van der Waals surface area contributed by atoms with Gasteiger partial charge >= 0.3 is 0 Å². The fourth-order valence-corrected chi connectivity index (χ4v) is 4.18. The van der Waals surface area contributed by atoms with Gasteiger partial charge in [-0.3, -0.25) is 0 Å². The lowest BCUT2D eigenvalue weighted by Crippen LogP contribution is -2.10. The van der Waals surface area contributed by atoms with Crippen LogP contribution in [0, 0.1) is 6.92 Å². The molecule has 0 radical (unpaired) electrons. The van der Waals surface area contributed by atoms with Gasteiger partial charge in [-0.1, -0.05) is 17.3 Å². The number of hydrogen-bond donors (Lipinski definition) is 2.